The third-order valence-corrected chi connectivity index (χ3v) is 7.22. The second-order valence-electron chi connectivity index (χ2n) is 7.39. The summed E-state index contributed by atoms with van der Waals surface area (Å²) in [5, 5.41) is 3.10. The summed E-state index contributed by atoms with van der Waals surface area (Å²) < 4.78 is 26.4. The van der Waals surface area contributed by atoms with Crippen molar-refractivity contribution in [2.75, 3.05) is 16.6 Å². The number of sulfonamides is 1. The van der Waals surface area contributed by atoms with Gasteiger partial charge >= 0.3 is 0 Å². The maximum Gasteiger partial charge on any atom is 0.251 e. The molecule has 2 aromatic rings. The Hall–Kier alpha value is -2.34. The van der Waals surface area contributed by atoms with E-state index in [1.807, 2.05) is 51.1 Å². The van der Waals surface area contributed by atoms with Crippen molar-refractivity contribution < 1.29 is 13.2 Å². The molecule has 1 unspecified atom stereocenters. The maximum atomic E-state index is 12.9. The largest absolute Gasteiger partial charge is 0.345 e. The van der Waals surface area contributed by atoms with Gasteiger partial charge < -0.3 is 5.32 Å². The third-order valence-electron chi connectivity index (χ3n) is 5.37. The van der Waals surface area contributed by atoms with Crippen LogP contribution in [0, 0.1) is 13.8 Å². The van der Waals surface area contributed by atoms with Crippen LogP contribution in [0.4, 0.5) is 5.69 Å². The van der Waals surface area contributed by atoms with Crippen LogP contribution in [-0.4, -0.2) is 26.6 Å². The normalized spacial score (nSPS) is 17.2. The first-order chi connectivity index (χ1) is 13.3. The lowest BCUT2D eigenvalue weighted by atomic mass is 9.99. The molecule has 1 aliphatic rings. The van der Waals surface area contributed by atoms with Gasteiger partial charge in [-0.2, -0.15) is 0 Å². The summed E-state index contributed by atoms with van der Waals surface area (Å²) in [5.74, 6) is -0.0283. The Labute approximate surface area is 167 Å². The molecule has 6 heteroatoms. The van der Waals surface area contributed by atoms with Crippen LogP contribution in [0.1, 0.15) is 59.3 Å². The molecule has 1 atom stereocenters. The van der Waals surface area contributed by atoms with Crippen molar-refractivity contribution in [1.29, 1.82) is 0 Å². The van der Waals surface area contributed by atoms with Crippen molar-refractivity contribution in [1.82, 2.24) is 5.32 Å². The molecule has 0 aliphatic carbocycles. The van der Waals surface area contributed by atoms with Crippen LogP contribution in [0.2, 0.25) is 0 Å². The number of nitrogens with one attached hydrogen (secondary N) is 1. The fraction of sp³-hybridized carbons (Fsp3) is 0.409. The second-order valence-corrected chi connectivity index (χ2v) is 9.40. The molecule has 3 rings (SSSR count). The molecule has 1 fully saturated rings. The Morgan fingerprint density at radius 2 is 1.86 bits per heavy atom. The minimum absolute atomic E-state index is 0.0860. The number of rotatable bonds is 5. The molecule has 1 aliphatic heterocycles. The van der Waals surface area contributed by atoms with Crippen molar-refractivity contribution in [2.24, 2.45) is 0 Å². The van der Waals surface area contributed by atoms with Gasteiger partial charge in [0.05, 0.1) is 17.5 Å². The maximum absolute atomic E-state index is 12.9. The number of carbonyl (C=O) groups excluding carboxylic acids is 1. The zero-order chi connectivity index (χ0) is 20.3. The van der Waals surface area contributed by atoms with Crippen molar-refractivity contribution >= 4 is 21.6 Å². The molecule has 0 aromatic heterocycles. The van der Waals surface area contributed by atoms with Gasteiger partial charge in [-0.15, -0.1) is 0 Å². The Kier molecular flexibility index (Phi) is 6.08. The Morgan fingerprint density at radius 3 is 2.54 bits per heavy atom. The number of anilines is 1. The highest BCUT2D eigenvalue weighted by atomic mass is 32.2. The highest BCUT2D eigenvalue weighted by Crippen LogP contribution is 2.28. The zero-order valence-corrected chi connectivity index (χ0v) is 17.6. The number of amides is 1. The van der Waals surface area contributed by atoms with Crippen molar-refractivity contribution in [3.05, 3.63) is 64.7 Å². The van der Waals surface area contributed by atoms with Crippen LogP contribution in [0.25, 0.3) is 0 Å². The molecule has 1 N–H and O–H groups in total. The molecule has 0 radical (unpaired) electrons. The van der Waals surface area contributed by atoms with Gasteiger partial charge in [0.15, 0.2) is 0 Å². The molecule has 1 amide bonds. The fourth-order valence-corrected chi connectivity index (χ4v) is 5.39. The van der Waals surface area contributed by atoms with Crippen LogP contribution in [0.5, 0.6) is 0 Å². The molecule has 0 spiro atoms. The summed E-state index contributed by atoms with van der Waals surface area (Å²) >= 11 is 0. The predicted molar refractivity (Wildman–Crippen MR) is 113 cm³/mol. The van der Waals surface area contributed by atoms with Crippen LogP contribution < -0.4 is 9.62 Å². The summed E-state index contributed by atoms with van der Waals surface area (Å²) in [5.41, 5.74) is 4.18. The molecule has 150 valence electrons. The zero-order valence-electron chi connectivity index (χ0n) is 16.7. The average Bonchev–Trinajstić information content (AvgIpc) is 2.67. The number of hydrogen-bond acceptors (Lipinski definition) is 3. The number of hydrogen-bond donors (Lipinski definition) is 1. The van der Waals surface area contributed by atoms with Crippen LogP contribution in [-0.2, 0) is 10.0 Å². The predicted octanol–water partition coefficient (Wildman–Crippen LogP) is 4.11. The summed E-state index contributed by atoms with van der Waals surface area (Å²) in [4.78, 5) is 12.9. The Balaban J connectivity index is 1.87. The van der Waals surface area contributed by atoms with E-state index in [-0.39, 0.29) is 17.7 Å². The topological polar surface area (TPSA) is 66.5 Å². The molecule has 0 saturated carbocycles. The first kappa shape index (κ1) is 20.4. The van der Waals surface area contributed by atoms with E-state index >= 15 is 0 Å². The minimum Gasteiger partial charge on any atom is -0.345 e. The lowest BCUT2D eigenvalue weighted by molar-refractivity contribution is 0.0935. The molecule has 0 bridgehead atoms. The molecule has 2 aromatic carbocycles. The monoisotopic (exact) mass is 400 g/mol. The molecule has 1 saturated heterocycles. The van der Waals surface area contributed by atoms with E-state index in [4.69, 9.17) is 0 Å². The van der Waals surface area contributed by atoms with Gasteiger partial charge in [-0.1, -0.05) is 37.3 Å². The van der Waals surface area contributed by atoms with Gasteiger partial charge in [-0.25, -0.2) is 8.42 Å². The summed E-state index contributed by atoms with van der Waals surface area (Å²) in [6.45, 7) is 6.42. The first-order valence-electron chi connectivity index (χ1n) is 9.81. The van der Waals surface area contributed by atoms with E-state index in [0.29, 0.717) is 24.2 Å². The van der Waals surface area contributed by atoms with Crippen molar-refractivity contribution in [3.63, 3.8) is 0 Å². The van der Waals surface area contributed by atoms with Gasteiger partial charge in [-0.05, 0) is 61.9 Å². The number of nitrogens with zero attached hydrogens (tertiary/aromatic N) is 1. The molecule has 28 heavy (non-hydrogen) atoms. The molecular formula is C22H28N2O3S. The Morgan fingerprint density at radius 1 is 1.11 bits per heavy atom. The van der Waals surface area contributed by atoms with Gasteiger partial charge in [0.1, 0.15) is 0 Å². The number of benzene rings is 2. The minimum atomic E-state index is -3.32. The van der Waals surface area contributed by atoms with Crippen LogP contribution >= 0.6 is 0 Å². The highest BCUT2D eigenvalue weighted by Gasteiger charge is 2.28. The highest BCUT2D eigenvalue weighted by molar-refractivity contribution is 7.92. The van der Waals surface area contributed by atoms with E-state index in [1.54, 1.807) is 12.1 Å². The van der Waals surface area contributed by atoms with Gasteiger partial charge in [0.2, 0.25) is 10.0 Å². The average molecular weight is 401 g/mol. The van der Waals surface area contributed by atoms with Gasteiger partial charge in [0, 0.05) is 12.1 Å². The summed E-state index contributed by atoms with van der Waals surface area (Å²) in [6.07, 6.45) is 2.29. The van der Waals surface area contributed by atoms with Gasteiger partial charge in [-0.3, -0.25) is 9.10 Å². The van der Waals surface area contributed by atoms with E-state index < -0.39 is 10.0 Å². The van der Waals surface area contributed by atoms with E-state index in [9.17, 15) is 13.2 Å². The fourth-order valence-electron chi connectivity index (χ4n) is 3.70. The number of aryl methyl sites for hydroxylation is 2. The third kappa shape index (κ3) is 4.22. The van der Waals surface area contributed by atoms with Crippen LogP contribution in [0.3, 0.4) is 0 Å². The van der Waals surface area contributed by atoms with E-state index in [0.717, 1.165) is 29.5 Å². The van der Waals surface area contributed by atoms with E-state index in [2.05, 4.69) is 5.32 Å². The molecule has 1 heterocycles. The van der Waals surface area contributed by atoms with E-state index in [1.165, 1.54) is 4.31 Å². The van der Waals surface area contributed by atoms with Crippen LogP contribution in [0.15, 0.2) is 42.5 Å². The quantitative estimate of drug-likeness (QED) is 0.821. The molecule has 5 nitrogen and oxygen atoms in total. The molecular weight excluding hydrogens is 372 g/mol. The number of carbonyl (C=O) groups is 1. The standard InChI is InChI=1S/C22H28N2O3S/c1-4-20(19-10-6-5-9-16(19)2)23-22(25)18-12-11-17(3)21(15-18)24-13-7-8-14-28(24,26)27/h5-6,9-12,15,20H,4,7-8,13-14H2,1-3H3,(H,23,25). The smallest absolute Gasteiger partial charge is 0.251 e. The first-order valence-corrected chi connectivity index (χ1v) is 11.4. The lowest BCUT2D eigenvalue weighted by Crippen LogP contribution is -2.38. The second kappa shape index (κ2) is 8.35. The Bertz CT molecular complexity index is 969. The summed E-state index contributed by atoms with van der Waals surface area (Å²) in [7, 11) is -3.32. The van der Waals surface area contributed by atoms with Crippen molar-refractivity contribution in [2.45, 2.75) is 46.1 Å². The SMILES string of the molecule is CCC(NC(=O)c1ccc(C)c(N2CCCCS2(=O)=O)c1)c1ccccc1C. The summed E-state index contributed by atoms with van der Waals surface area (Å²) in [6, 6.07) is 13.2. The van der Waals surface area contributed by atoms with Gasteiger partial charge in [0.25, 0.3) is 5.91 Å². The van der Waals surface area contributed by atoms with Crippen molar-refractivity contribution in [3.8, 4) is 0 Å². The lowest BCUT2D eigenvalue weighted by Gasteiger charge is -2.30.